The Hall–Kier alpha value is -3.94. The fourth-order valence-electron chi connectivity index (χ4n) is 3.01. The number of benzene rings is 2. The lowest BCUT2D eigenvalue weighted by molar-refractivity contribution is 0.0827. The van der Waals surface area contributed by atoms with Crippen LogP contribution in [-0.4, -0.2) is 35.8 Å². The van der Waals surface area contributed by atoms with E-state index in [0.717, 1.165) is 5.56 Å². The van der Waals surface area contributed by atoms with E-state index in [1.165, 1.54) is 11.0 Å². The Morgan fingerprint density at radius 2 is 1.71 bits per heavy atom. The first-order chi connectivity index (χ1) is 14.8. The van der Waals surface area contributed by atoms with E-state index in [9.17, 15) is 18.8 Å². The van der Waals surface area contributed by atoms with Crippen molar-refractivity contribution in [3.8, 4) is 16.9 Å². The lowest BCUT2D eigenvalue weighted by Crippen LogP contribution is -2.24. The standard InChI is InChI=1S/C23H22FN3O4/c1-27(2)23(30)16-5-3-14(4-6-16)13-31-17-9-7-15(8-10-17)18-11-19(21(25)28)22(29)26-20(18)12-24/h3-11H,12-13H2,1-2H3,(H2,25,28)(H,26,29). The third-order valence-corrected chi connectivity index (χ3v) is 4.70. The van der Waals surface area contributed by atoms with E-state index in [4.69, 9.17) is 10.5 Å². The summed E-state index contributed by atoms with van der Waals surface area (Å²) in [5.41, 5.74) is 6.80. The molecule has 0 spiro atoms. The fraction of sp³-hybridized carbons (Fsp3) is 0.174. The second-order valence-corrected chi connectivity index (χ2v) is 7.11. The summed E-state index contributed by atoms with van der Waals surface area (Å²) in [4.78, 5) is 39.1. The van der Waals surface area contributed by atoms with Crippen LogP contribution in [0, 0.1) is 0 Å². The minimum Gasteiger partial charge on any atom is -0.489 e. The number of H-pyrrole nitrogens is 1. The van der Waals surface area contributed by atoms with Gasteiger partial charge in [0.25, 0.3) is 17.4 Å². The molecular weight excluding hydrogens is 401 g/mol. The number of aromatic amines is 1. The number of primary amides is 1. The monoisotopic (exact) mass is 423 g/mol. The molecule has 0 saturated heterocycles. The average molecular weight is 423 g/mol. The molecule has 0 fully saturated rings. The van der Waals surface area contributed by atoms with Gasteiger partial charge in [-0.15, -0.1) is 0 Å². The van der Waals surface area contributed by atoms with Gasteiger partial charge < -0.3 is 20.4 Å². The van der Waals surface area contributed by atoms with Crippen LogP contribution in [-0.2, 0) is 13.3 Å². The van der Waals surface area contributed by atoms with Crippen molar-refractivity contribution < 1.29 is 18.7 Å². The molecule has 3 N–H and O–H groups in total. The highest BCUT2D eigenvalue weighted by atomic mass is 19.1. The number of alkyl halides is 1. The second kappa shape index (κ2) is 9.25. The van der Waals surface area contributed by atoms with Crippen molar-refractivity contribution in [2.45, 2.75) is 13.3 Å². The molecule has 1 heterocycles. The number of carbonyl (C=O) groups excluding carboxylic acids is 2. The predicted molar refractivity (Wildman–Crippen MR) is 115 cm³/mol. The zero-order chi connectivity index (χ0) is 22.5. The van der Waals surface area contributed by atoms with Crippen molar-refractivity contribution in [3.05, 3.63) is 87.3 Å². The molecule has 0 saturated carbocycles. The zero-order valence-corrected chi connectivity index (χ0v) is 17.1. The molecule has 0 aliphatic carbocycles. The van der Waals surface area contributed by atoms with Crippen LogP contribution in [0.15, 0.2) is 59.4 Å². The topological polar surface area (TPSA) is 105 Å². The van der Waals surface area contributed by atoms with Crippen LogP contribution in [0.4, 0.5) is 4.39 Å². The summed E-state index contributed by atoms with van der Waals surface area (Å²) in [5, 5.41) is 0. The van der Waals surface area contributed by atoms with Crippen LogP contribution >= 0.6 is 0 Å². The summed E-state index contributed by atoms with van der Waals surface area (Å²) in [6.45, 7) is -0.593. The van der Waals surface area contributed by atoms with Crippen molar-refractivity contribution in [3.63, 3.8) is 0 Å². The number of hydrogen-bond donors (Lipinski definition) is 2. The van der Waals surface area contributed by atoms with Crippen LogP contribution in [0.2, 0.25) is 0 Å². The molecule has 0 atom stereocenters. The number of amides is 2. The Labute approximate surface area is 178 Å². The van der Waals surface area contributed by atoms with E-state index in [1.807, 2.05) is 12.1 Å². The highest BCUT2D eigenvalue weighted by Crippen LogP contribution is 2.26. The van der Waals surface area contributed by atoms with Gasteiger partial charge in [0.05, 0.1) is 5.69 Å². The first-order valence-corrected chi connectivity index (χ1v) is 9.46. The van der Waals surface area contributed by atoms with E-state index in [0.29, 0.717) is 29.0 Å². The minimum absolute atomic E-state index is 0.0658. The lowest BCUT2D eigenvalue weighted by Gasteiger charge is -2.12. The molecule has 7 nitrogen and oxygen atoms in total. The summed E-state index contributed by atoms with van der Waals surface area (Å²) in [7, 11) is 3.39. The number of halogens is 1. The molecule has 3 rings (SSSR count). The quantitative estimate of drug-likeness (QED) is 0.609. The van der Waals surface area contributed by atoms with Gasteiger partial charge >= 0.3 is 0 Å². The minimum atomic E-state index is -0.895. The number of nitrogens with one attached hydrogen (secondary N) is 1. The Morgan fingerprint density at radius 1 is 1.06 bits per heavy atom. The SMILES string of the molecule is CN(C)C(=O)c1ccc(COc2ccc(-c3cc(C(N)=O)c(=O)[nH]c3CF)cc2)cc1. The molecule has 0 aliphatic heterocycles. The van der Waals surface area contributed by atoms with Gasteiger partial charge in [0.15, 0.2) is 0 Å². The summed E-state index contributed by atoms with van der Waals surface area (Å²) in [6.07, 6.45) is 0. The second-order valence-electron chi connectivity index (χ2n) is 7.11. The number of carbonyl (C=O) groups is 2. The van der Waals surface area contributed by atoms with Gasteiger partial charge in [-0.2, -0.15) is 0 Å². The van der Waals surface area contributed by atoms with Gasteiger partial charge in [-0.1, -0.05) is 24.3 Å². The van der Waals surface area contributed by atoms with E-state index in [2.05, 4.69) is 4.98 Å². The Bertz CT molecular complexity index is 1150. The Kier molecular flexibility index (Phi) is 6.49. The fourth-order valence-corrected chi connectivity index (χ4v) is 3.01. The van der Waals surface area contributed by atoms with Gasteiger partial charge in [-0.05, 0) is 41.5 Å². The molecule has 2 amide bonds. The van der Waals surface area contributed by atoms with Gasteiger partial charge in [0.1, 0.15) is 24.6 Å². The van der Waals surface area contributed by atoms with E-state index >= 15 is 0 Å². The number of nitrogens with two attached hydrogens (primary N) is 1. The predicted octanol–water partition coefficient (Wildman–Crippen LogP) is 2.89. The number of hydrogen-bond acceptors (Lipinski definition) is 4. The van der Waals surface area contributed by atoms with Crippen molar-refractivity contribution in [1.82, 2.24) is 9.88 Å². The molecule has 0 bridgehead atoms. The normalized spacial score (nSPS) is 10.5. The maximum Gasteiger partial charge on any atom is 0.261 e. The molecule has 8 heteroatoms. The molecule has 3 aromatic rings. The van der Waals surface area contributed by atoms with Crippen LogP contribution in [0.5, 0.6) is 5.75 Å². The molecule has 0 aliphatic rings. The summed E-state index contributed by atoms with van der Waals surface area (Å²) in [5.74, 6) is -0.373. The third-order valence-electron chi connectivity index (χ3n) is 4.70. The third kappa shape index (κ3) is 4.98. The molecule has 2 aromatic carbocycles. The smallest absolute Gasteiger partial charge is 0.261 e. The average Bonchev–Trinajstić information content (AvgIpc) is 2.77. The van der Waals surface area contributed by atoms with Crippen molar-refractivity contribution in [2.24, 2.45) is 5.73 Å². The number of ether oxygens (including phenoxy) is 1. The number of rotatable bonds is 7. The van der Waals surface area contributed by atoms with Crippen molar-refractivity contribution in [2.75, 3.05) is 14.1 Å². The first-order valence-electron chi connectivity index (χ1n) is 9.46. The van der Waals surface area contributed by atoms with E-state index < -0.39 is 18.1 Å². The zero-order valence-electron chi connectivity index (χ0n) is 17.1. The van der Waals surface area contributed by atoms with Gasteiger partial charge in [0.2, 0.25) is 0 Å². The molecule has 160 valence electrons. The Balaban J connectivity index is 1.74. The van der Waals surface area contributed by atoms with Gasteiger partial charge in [-0.25, -0.2) is 4.39 Å². The highest BCUT2D eigenvalue weighted by molar-refractivity contribution is 5.94. The van der Waals surface area contributed by atoms with Crippen LogP contribution in [0.1, 0.15) is 32.0 Å². The van der Waals surface area contributed by atoms with Gasteiger partial charge in [-0.3, -0.25) is 14.4 Å². The molecular formula is C23H22FN3O4. The van der Waals surface area contributed by atoms with E-state index in [1.54, 1.807) is 50.5 Å². The lowest BCUT2D eigenvalue weighted by atomic mass is 10.0. The maximum absolute atomic E-state index is 13.4. The number of aromatic nitrogens is 1. The van der Waals surface area contributed by atoms with E-state index in [-0.39, 0.29) is 17.2 Å². The largest absolute Gasteiger partial charge is 0.489 e. The number of nitrogens with zero attached hydrogens (tertiary/aromatic N) is 1. The van der Waals surface area contributed by atoms with Crippen LogP contribution in [0.3, 0.4) is 0 Å². The molecule has 0 radical (unpaired) electrons. The van der Waals surface area contributed by atoms with Gasteiger partial charge in [0, 0.05) is 25.2 Å². The summed E-state index contributed by atoms with van der Waals surface area (Å²) in [6, 6.07) is 15.2. The highest BCUT2D eigenvalue weighted by Gasteiger charge is 2.14. The molecule has 1 aromatic heterocycles. The number of pyridine rings is 1. The first kappa shape index (κ1) is 21.8. The van der Waals surface area contributed by atoms with Crippen molar-refractivity contribution in [1.29, 1.82) is 0 Å². The van der Waals surface area contributed by atoms with Crippen molar-refractivity contribution >= 4 is 11.8 Å². The maximum atomic E-state index is 13.4. The molecule has 0 unspecified atom stereocenters. The molecule has 31 heavy (non-hydrogen) atoms. The Morgan fingerprint density at radius 3 is 2.26 bits per heavy atom. The summed E-state index contributed by atoms with van der Waals surface area (Å²) < 4.78 is 19.1. The van der Waals surface area contributed by atoms with Crippen LogP contribution in [0.25, 0.3) is 11.1 Å². The van der Waals surface area contributed by atoms with Crippen LogP contribution < -0.4 is 16.0 Å². The summed E-state index contributed by atoms with van der Waals surface area (Å²) >= 11 is 0.